The first-order valence-corrected chi connectivity index (χ1v) is 11.8. The minimum atomic E-state index is -0.430. The summed E-state index contributed by atoms with van der Waals surface area (Å²) in [6, 6.07) is 15.8. The van der Waals surface area contributed by atoms with E-state index in [1.807, 2.05) is 6.92 Å². The van der Waals surface area contributed by atoms with Gasteiger partial charge in [0.25, 0.3) is 0 Å². The molecule has 0 bridgehead atoms. The van der Waals surface area contributed by atoms with Crippen molar-refractivity contribution in [1.29, 1.82) is 0 Å². The molecule has 3 N–H and O–H groups in total. The summed E-state index contributed by atoms with van der Waals surface area (Å²) in [7, 11) is 0. The number of furan rings is 1. The van der Waals surface area contributed by atoms with Crippen molar-refractivity contribution in [2.45, 2.75) is 26.2 Å². The Morgan fingerprint density at radius 3 is 2.53 bits per heavy atom. The van der Waals surface area contributed by atoms with E-state index in [1.165, 1.54) is 12.2 Å². The molecule has 0 radical (unpaired) electrons. The SMILES string of the molecule is CCCCC(=O)Nc1cccc(NC(=S)NC(=O)C=Cc2ccc(-c3cccc(Cl)c3Cl)o2)c1. The second-order valence-corrected chi connectivity index (χ2v) is 8.51. The monoisotopic (exact) mass is 515 g/mol. The van der Waals surface area contributed by atoms with Gasteiger partial charge in [-0.2, -0.15) is 0 Å². The van der Waals surface area contributed by atoms with Crippen LogP contribution >= 0.6 is 35.4 Å². The van der Waals surface area contributed by atoms with Crippen molar-refractivity contribution >= 4 is 69.8 Å². The highest BCUT2D eigenvalue weighted by Gasteiger charge is 2.10. The highest BCUT2D eigenvalue weighted by atomic mass is 35.5. The molecule has 0 atom stereocenters. The van der Waals surface area contributed by atoms with Crippen molar-refractivity contribution in [3.63, 3.8) is 0 Å². The normalized spacial score (nSPS) is 10.8. The molecule has 34 heavy (non-hydrogen) atoms. The van der Waals surface area contributed by atoms with E-state index < -0.39 is 5.91 Å². The van der Waals surface area contributed by atoms with Crippen molar-refractivity contribution in [3.05, 3.63) is 76.5 Å². The summed E-state index contributed by atoms with van der Waals surface area (Å²) in [5, 5.41) is 9.29. The number of thiocarbonyl (C=S) groups is 1. The molecule has 0 aliphatic carbocycles. The Kier molecular flexibility index (Phi) is 9.27. The summed E-state index contributed by atoms with van der Waals surface area (Å²) >= 11 is 17.5. The second kappa shape index (κ2) is 12.4. The number of halogens is 2. The van der Waals surface area contributed by atoms with Gasteiger partial charge in [-0.15, -0.1) is 0 Å². The number of benzene rings is 2. The molecule has 3 rings (SSSR count). The molecule has 9 heteroatoms. The number of hydrogen-bond acceptors (Lipinski definition) is 4. The van der Waals surface area contributed by atoms with Gasteiger partial charge in [0.1, 0.15) is 11.5 Å². The first-order chi connectivity index (χ1) is 16.4. The molecule has 0 fully saturated rings. The van der Waals surface area contributed by atoms with E-state index in [9.17, 15) is 9.59 Å². The van der Waals surface area contributed by atoms with Crippen molar-refractivity contribution in [2.75, 3.05) is 10.6 Å². The van der Waals surface area contributed by atoms with E-state index in [1.54, 1.807) is 54.6 Å². The summed E-state index contributed by atoms with van der Waals surface area (Å²) in [6.07, 6.45) is 5.08. The number of carbonyl (C=O) groups excluding carboxylic acids is 2. The molecule has 0 saturated heterocycles. The average Bonchev–Trinajstić information content (AvgIpc) is 3.27. The zero-order valence-corrected chi connectivity index (χ0v) is 20.7. The first kappa shape index (κ1) is 25.5. The van der Waals surface area contributed by atoms with Gasteiger partial charge in [0.15, 0.2) is 5.11 Å². The highest BCUT2D eigenvalue weighted by molar-refractivity contribution is 7.80. The van der Waals surface area contributed by atoms with E-state index in [0.717, 1.165) is 12.8 Å². The van der Waals surface area contributed by atoms with Crippen LogP contribution in [0, 0.1) is 0 Å². The largest absolute Gasteiger partial charge is 0.457 e. The maximum Gasteiger partial charge on any atom is 0.250 e. The third kappa shape index (κ3) is 7.45. The van der Waals surface area contributed by atoms with Crippen LogP contribution in [0.2, 0.25) is 10.0 Å². The minimum Gasteiger partial charge on any atom is -0.457 e. The standard InChI is InChI=1S/C25H23Cl2N3O3S/c1-2-3-10-22(31)28-16-6-4-7-17(15-16)29-25(34)30-23(32)14-12-18-11-13-21(33-18)19-8-5-9-20(26)24(19)27/h4-9,11-15H,2-3,10H2,1H3,(H,28,31)(H2,29,30,32,34). The molecule has 2 aromatic carbocycles. The lowest BCUT2D eigenvalue weighted by atomic mass is 10.2. The molecule has 3 aromatic rings. The Hall–Kier alpha value is -3.13. The number of nitrogens with one attached hydrogen (secondary N) is 3. The van der Waals surface area contributed by atoms with Crippen LogP contribution in [0.25, 0.3) is 17.4 Å². The highest BCUT2D eigenvalue weighted by Crippen LogP contribution is 2.34. The summed E-state index contributed by atoms with van der Waals surface area (Å²) in [6.45, 7) is 2.03. The lowest BCUT2D eigenvalue weighted by molar-refractivity contribution is -0.116. The smallest absolute Gasteiger partial charge is 0.250 e. The number of rotatable bonds is 8. The van der Waals surface area contributed by atoms with E-state index in [2.05, 4.69) is 16.0 Å². The topological polar surface area (TPSA) is 83.4 Å². The van der Waals surface area contributed by atoms with Crippen molar-refractivity contribution < 1.29 is 14.0 Å². The van der Waals surface area contributed by atoms with Crippen LogP contribution in [-0.2, 0) is 9.59 Å². The predicted molar refractivity (Wildman–Crippen MR) is 142 cm³/mol. The van der Waals surface area contributed by atoms with Gasteiger partial charge in [-0.3, -0.25) is 14.9 Å². The van der Waals surface area contributed by atoms with Crippen LogP contribution in [0.4, 0.5) is 11.4 Å². The molecule has 1 heterocycles. The lowest BCUT2D eigenvalue weighted by Gasteiger charge is -2.10. The fraction of sp³-hybridized carbons (Fsp3) is 0.160. The van der Waals surface area contributed by atoms with Gasteiger partial charge in [0, 0.05) is 29.4 Å². The summed E-state index contributed by atoms with van der Waals surface area (Å²) in [5.41, 5.74) is 1.94. The molecule has 0 aliphatic heterocycles. The number of unbranched alkanes of at least 4 members (excludes halogenated alkanes) is 1. The molecule has 0 aliphatic rings. The van der Waals surface area contributed by atoms with Crippen LogP contribution < -0.4 is 16.0 Å². The van der Waals surface area contributed by atoms with Gasteiger partial charge in [-0.05, 0) is 67.2 Å². The van der Waals surface area contributed by atoms with Crippen LogP contribution in [0.3, 0.4) is 0 Å². The van der Waals surface area contributed by atoms with Gasteiger partial charge in [-0.25, -0.2) is 0 Å². The number of anilines is 2. The Morgan fingerprint density at radius 2 is 1.76 bits per heavy atom. The molecule has 1 aromatic heterocycles. The van der Waals surface area contributed by atoms with Crippen molar-refractivity contribution in [1.82, 2.24) is 5.32 Å². The Labute approximate surface area is 213 Å². The Morgan fingerprint density at radius 1 is 1.03 bits per heavy atom. The fourth-order valence-corrected chi connectivity index (χ4v) is 3.60. The zero-order chi connectivity index (χ0) is 24.5. The third-order valence-corrected chi connectivity index (χ3v) is 5.66. The Balaban J connectivity index is 1.54. The van der Waals surface area contributed by atoms with Crippen LogP contribution in [0.5, 0.6) is 0 Å². The van der Waals surface area contributed by atoms with Crippen molar-refractivity contribution in [3.8, 4) is 11.3 Å². The third-order valence-electron chi connectivity index (χ3n) is 4.64. The zero-order valence-electron chi connectivity index (χ0n) is 18.4. The van der Waals surface area contributed by atoms with E-state index in [-0.39, 0.29) is 11.0 Å². The molecule has 0 unspecified atom stereocenters. The number of amides is 2. The maximum atomic E-state index is 12.2. The second-order valence-electron chi connectivity index (χ2n) is 7.31. The summed E-state index contributed by atoms with van der Waals surface area (Å²) in [5.74, 6) is 0.525. The van der Waals surface area contributed by atoms with Gasteiger partial charge < -0.3 is 15.1 Å². The van der Waals surface area contributed by atoms with Gasteiger partial charge in [-0.1, -0.05) is 48.7 Å². The van der Waals surface area contributed by atoms with Crippen LogP contribution in [0.15, 0.2) is 65.1 Å². The van der Waals surface area contributed by atoms with Crippen molar-refractivity contribution in [2.24, 2.45) is 0 Å². The van der Waals surface area contributed by atoms with Gasteiger partial charge >= 0.3 is 0 Å². The van der Waals surface area contributed by atoms with Gasteiger partial charge in [0.2, 0.25) is 11.8 Å². The molecule has 2 amide bonds. The quantitative estimate of drug-likeness (QED) is 0.224. The van der Waals surface area contributed by atoms with Crippen LogP contribution in [0.1, 0.15) is 31.9 Å². The Bertz CT molecular complexity index is 1220. The predicted octanol–water partition coefficient (Wildman–Crippen LogP) is 6.91. The molecule has 0 saturated carbocycles. The summed E-state index contributed by atoms with van der Waals surface area (Å²) in [4.78, 5) is 24.2. The van der Waals surface area contributed by atoms with E-state index >= 15 is 0 Å². The number of hydrogen-bond donors (Lipinski definition) is 3. The molecule has 0 spiro atoms. The van der Waals surface area contributed by atoms with Gasteiger partial charge in [0.05, 0.1) is 10.0 Å². The fourth-order valence-electron chi connectivity index (χ4n) is 2.99. The molecular weight excluding hydrogens is 493 g/mol. The summed E-state index contributed by atoms with van der Waals surface area (Å²) < 4.78 is 5.73. The maximum absolute atomic E-state index is 12.2. The average molecular weight is 516 g/mol. The minimum absolute atomic E-state index is 0.0428. The molecular formula is C25H23Cl2N3O3S. The first-order valence-electron chi connectivity index (χ1n) is 10.6. The molecule has 6 nitrogen and oxygen atoms in total. The lowest BCUT2D eigenvalue weighted by Crippen LogP contribution is -2.32. The molecule has 176 valence electrons. The van der Waals surface area contributed by atoms with E-state index in [4.69, 9.17) is 39.8 Å². The van der Waals surface area contributed by atoms with Crippen LogP contribution in [-0.4, -0.2) is 16.9 Å². The number of carbonyl (C=O) groups is 2. The van der Waals surface area contributed by atoms with E-state index in [0.29, 0.717) is 44.9 Å².